The summed E-state index contributed by atoms with van der Waals surface area (Å²) >= 11 is 0. The van der Waals surface area contributed by atoms with E-state index in [-0.39, 0.29) is 5.92 Å². The fraction of sp³-hybridized carbons (Fsp3) is 0.636. The first kappa shape index (κ1) is 16.9. The summed E-state index contributed by atoms with van der Waals surface area (Å²) in [6, 6.07) is 5.71. The molecule has 2 fully saturated rings. The van der Waals surface area contributed by atoms with Crippen LogP contribution in [0.25, 0.3) is 0 Å². The number of phenols is 1. The number of aromatic hydroxyl groups is 1. The molecule has 0 spiro atoms. The van der Waals surface area contributed by atoms with Gasteiger partial charge in [-0.15, -0.1) is 6.42 Å². The third-order valence-corrected chi connectivity index (χ3v) is 7.75. The topological polar surface area (TPSA) is 40.5 Å². The monoisotopic (exact) mass is 341 g/mol. The Morgan fingerprint density at radius 2 is 2.16 bits per heavy atom. The van der Waals surface area contributed by atoms with Crippen LogP contribution < -0.4 is 0 Å². The van der Waals surface area contributed by atoms with Gasteiger partial charge in [0, 0.05) is 5.41 Å². The van der Waals surface area contributed by atoms with E-state index in [0.29, 0.717) is 29.9 Å². The van der Waals surface area contributed by atoms with E-state index in [4.69, 9.17) is 6.42 Å². The van der Waals surface area contributed by atoms with Gasteiger partial charge in [-0.2, -0.15) is 0 Å². The van der Waals surface area contributed by atoms with Crippen LogP contribution in [-0.4, -0.2) is 22.0 Å². The zero-order valence-corrected chi connectivity index (χ0v) is 15.0. The van der Waals surface area contributed by atoms with Crippen molar-refractivity contribution >= 4 is 0 Å². The molecule has 134 valence electrons. The number of terminal acetylenes is 1. The molecule has 0 aromatic heterocycles. The second-order valence-corrected chi connectivity index (χ2v) is 8.62. The molecule has 7 atom stereocenters. The van der Waals surface area contributed by atoms with E-state index < -0.39 is 17.2 Å². The Morgan fingerprint density at radius 1 is 1.40 bits per heavy atom. The molecule has 2 nitrogen and oxygen atoms in total. The number of phenolic OH excluding ortho intramolecular Hbond substituents is 1. The molecule has 0 bridgehead atoms. The van der Waals surface area contributed by atoms with Gasteiger partial charge in [0.05, 0.1) is 0 Å². The molecule has 1 aromatic rings. The van der Waals surface area contributed by atoms with Crippen molar-refractivity contribution in [1.82, 2.24) is 0 Å². The first-order valence-electron chi connectivity index (χ1n) is 9.51. The lowest BCUT2D eigenvalue weighted by Gasteiger charge is -2.55. The number of benzene rings is 1. The molecule has 4 rings (SSSR count). The SMILES string of the molecule is C#C[C@]1(O)[C@H]([18F])C[C@H]2[C@@H]3CCc4cc(O)ccc4[C@H]3[C@@H](CC)C[C@@]21C. The van der Waals surface area contributed by atoms with E-state index in [1.807, 2.05) is 13.0 Å². The van der Waals surface area contributed by atoms with Gasteiger partial charge >= 0.3 is 0 Å². The third-order valence-electron chi connectivity index (χ3n) is 7.75. The van der Waals surface area contributed by atoms with Crippen LogP contribution in [-0.2, 0) is 6.42 Å². The van der Waals surface area contributed by atoms with E-state index in [0.717, 1.165) is 25.7 Å². The highest BCUT2D eigenvalue weighted by Gasteiger charge is 2.67. The largest absolute Gasteiger partial charge is 0.508 e. The average Bonchev–Trinajstić information content (AvgIpc) is 2.81. The summed E-state index contributed by atoms with van der Waals surface area (Å²) in [4.78, 5) is 0. The van der Waals surface area contributed by atoms with E-state index in [1.165, 1.54) is 11.1 Å². The number of halogens is 1. The van der Waals surface area contributed by atoms with Crippen LogP contribution in [0.15, 0.2) is 18.2 Å². The maximum atomic E-state index is 14.8. The van der Waals surface area contributed by atoms with Crippen molar-refractivity contribution in [3.63, 3.8) is 0 Å². The van der Waals surface area contributed by atoms with E-state index in [2.05, 4.69) is 18.9 Å². The van der Waals surface area contributed by atoms with E-state index in [9.17, 15) is 14.6 Å². The fourth-order valence-electron chi connectivity index (χ4n) is 6.49. The summed E-state index contributed by atoms with van der Waals surface area (Å²) in [6.07, 6.45) is 8.28. The molecule has 3 aliphatic rings. The van der Waals surface area contributed by atoms with Gasteiger partial charge in [-0.25, -0.2) is 4.39 Å². The second-order valence-electron chi connectivity index (χ2n) is 8.62. The molecule has 25 heavy (non-hydrogen) atoms. The summed E-state index contributed by atoms with van der Waals surface area (Å²) in [7, 11) is 0. The molecule has 1 aromatic carbocycles. The number of hydrogen-bond donors (Lipinski definition) is 2. The standard InChI is InChI=1S/C22H27FO2/c1-4-13-12-21(3)18(11-19(23)22(21,25)5-2)17-8-6-14-10-15(24)7-9-16(14)20(13)17/h2,7,9-10,13,17-20,24-25H,4,6,8,11-12H2,1,3H3/t13-,17-,18-,19+,20+,21-,22-/m0/s1/i23-1. The van der Waals surface area contributed by atoms with Crippen molar-refractivity contribution in [2.45, 2.75) is 63.6 Å². The number of hydrogen-bond acceptors (Lipinski definition) is 2. The minimum absolute atomic E-state index is 0.110. The van der Waals surface area contributed by atoms with Gasteiger partial charge in [0.15, 0.2) is 5.60 Å². The van der Waals surface area contributed by atoms with Crippen molar-refractivity contribution in [1.29, 1.82) is 0 Å². The van der Waals surface area contributed by atoms with E-state index >= 15 is 0 Å². The first-order chi connectivity index (χ1) is 11.9. The van der Waals surface area contributed by atoms with Crippen molar-refractivity contribution in [2.24, 2.45) is 23.2 Å². The molecule has 2 saturated carbocycles. The normalized spacial score (nSPS) is 45.2. The summed E-state index contributed by atoms with van der Waals surface area (Å²) < 4.78 is 14.8. The highest BCUT2D eigenvalue weighted by Crippen LogP contribution is 2.66. The minimum atomic E-state index is -1.65. The Balaban J connectivity index is 1.81. The van der Waals surface area contributed by atoms with Gasteiger partial charge in [0.25, 0.3) is 0 Å². The zero-order valence-electron chi connectivity index (χ0n) is 15.0. The molecule has 0 amide bonds. The Morgan fingerprint density at radius 3 is 2.84 bits per heavy atom. The van der Waals surface area contributed by atoms with Crippen molar-refractivity contribution in [3.05, 3.63) is 29.3 Å². The zero-order chi connectivity index (χ0) is 18.0. The summed E-state index contributed by atoms with van der Waals surface area (Å²) in [5, 5.41) is 20.8. The Bertz CT molecular complexity index is 738. The molecular formula is C22H27FO2. The van der Waals surface area contributed by atoms with Crippen LogP contribution >= 0.6 is 0 Å². The maximum Gasteiger partial charge on any atom is 0.161 e. The molecule has 3 aliphatic carbocycles. The summed E-state index contributed by atoms with van der Waals surface area (Å²) in [5.74, 6) is 3.97. The maximum absolute atomic E-state index is 14.8. The van der Waals surface area contributed by atoms with Gasteiger partial charge in [-0.1, -0.05) is 32.3 Å². The highest BCUT2D eigenvalue weighted by atomic mass is 18.2. The molecular weight excluding hydrogens is 314 g/mol. The number of fused-ring (bicyclic) bond motifs is 5. The molecule has 3 heteroatoms. The fourth-order valence-corrected chi connectivity index (χ4v) is 6.49. The molecule has 0 saturated heterocycles. The Labute approximate surface area is 149 Å². The molecule has 0 unspecified atom stereocenters. The first-order valence-corrected chi connectivity index (χ1v) is 9.51. The van der Waals surface area contributed by atoms with Gasteiger partial charge in [0.1, 0.15) is 11.9 Å². The van der Waals surface area contributed by atoms with Crippen LogP contribution in [0.2, 0.25) is 0 Å². The van der Waals surface area contributed by atoms with E-state index in [1.54, 1.807) is 6.07 Å². The highest BCUT2D eigenvalue weighted by molar-refractivity contribution is 5.41. The van der Waals surface area contributed by atoms with Crippen LogP contribution in [0.5, 0.6) is 5.75 Å². The minimum Gasteiger partial charge on any atom is -0.508 e. The molecule has 0 radical (unpaired) electrons. The summed E-state index contributed by atoms with van der Waals surface area (Å²) in [6.45, 7) is 4.19. The number of aryl methyl sites for hydroxylation is 1. The molecule has 0 heterocycles. The lowest BCUT2D eigenvalue weighted by atomic mass is 9.49. The van der Waals surface area contributed by atoms with Crippen LogP contribution in [0.3, 0.4) is 0 Å². The van der Waals surface area contributed by atoms with Gasteiger partial charge in [-0.05, 0) is 72.6 Å². The second kappa shape index (κ2) is 5.48. The van der Waals surface area contributed by atoms with Gasteiger partial charge in [0.2, 0.25) is 0 Å². The van der Waals surface area contributed by atoms with Crippen molar-refractivity contribution in [3.8, 4) is 18.1 Å². The lowest BCUT2D eigenvalue weighted by molar-refractivity contribution is -0.100. The molecule has 0 aliphatic heterocycles. The van der Waals surface area contributed by atoms with Gasteiger partial charge < -0.3 is 10.2 Å². The number of aliphatic hydroxyl groups is 1. The average molecular weight is 341 g/mol. The Kier molecular flexibility index (Phi) is 3.71. The lowest BCUT2D eigenvalue weighted by Crippen LogP contribution is -2.54. The quantitative estimate of drug-likeness (QED) is 0.752. The van der Waals surface area contributed by atoms with Crippen molar-refractivity contribution in [2.75, 3.05) is 0 Å². The Hall–Kier alpha value is -1.53. The third kappa shape index (κ3) is 2.07. The summed E-state index contributed by atoms with van der Waals surface area (Å²) in [5.41, 5.74) is 0.336. The van der Waals surface area contributed by atoms with Crippen LogP contribution in [0.1, 0.15) is 56.6 Å². The number of alkyl halides is 1. The predicted molar refractivity (Wildman–Crippen MR) is 95.9 cm³/mol. The van der Waals surface area contributed by atoms with Crippen molar-refractivity contribution < 1.29 is 14.6 Å². The predicted octanol–water partition coefficient (Wildman–Crippen LogP) is 4.20. The van der Waals surface area contributed by atoms with Gasteiger partial charge in [-0.3, -0.25) is 0 Å². The number of rotatable bonds is 1. The molecule has 2 N–H and O–H groups in total. The smallest absolute Gasteiger partial charge is 0.161 e. The van der Waals surface area contributed by atoms with Crippen LogP contribution in [0.4, 0.5) is 4.39 Å². The van der Waals surface area contributed by atoms with Crippen LogP contribution in [0, 0.1) is 35.5 Å².